The van der Waals surface area contributed by atoms with Gasteiger partial charge in [-0.15, -0.1) is 0 Å². The third-order valence-corrected chi connectivity index (χ3v) is 2.61. The molecule has 1 heterocycles. The van der Waals surface area contributed by atoms with E-state index in [9.17, 15) is 4.39 Å². The van der Waals surface area contributed by atoms with Crippen molar-refractivity contribution in [1.29, 1.82) is 0 Å². The summed E-state index contributed by atoms with van der Waals surface area (Å²) in [7, 11) is 1.84. The predicted molar refractivity (Wildman–Crippen MR) is 61.4 cm³/mol. The molecule has 0 atom stereocenters. The number of aromatic nitrogens is 2. The number of benzene rings is 1. The van der Waals surface area contributed by atoms with Crippen molar-refractivity contribution in [3.05, 3.63) is 42.0 Å². The number of rotatable bonds is 3. The maximum Gasteiger partial charge on any atom is 0.131 e. The minimum Gasteiger partial charge on any atom is -0.330 e. The lowest BCUT2D eigenvalue weighted by Crippen LogP contribution is -2.08. The van der Waals surface area contributed by atoms with Crippen molar-refractivity contribution in [2.45, 2.75) is 6.42 Å². The summed E-state index contributed by atoms with van der Waals surface area (Å²) in [4.78, 5) is 0. The Kier molecular flexibility index (Phi) is 3.01. The molecule has 0 spiro atoms. The Balaban J connectivity index is 2.52. The van der Waals surface area contributed by atoms with Crippen LogP contribution in [0.15, 0.2) is 30.5 Å². The topological polar surface area (TPSA) is 43.8 Å². The van der Waals surface area contributed by atoms with Gasteiger partial charge < -0.3 is 5.73 Å². The molecule has 0 saturated heterocycles. The molecule has 84 valence electrons. The maximum atomic E-state index is 13.6. The second-order valence-corrected chi connectivity index (χ2v) is 3.65. The van der Waals surface area contributed by atoms with E-state index in [1.165, 1.54) is 6.07 Å². The van der Waals surface area contributed by atoms with Crippen LogP contribution in [-0.4, -0.2) is 16.3 Å². The van der Waals surface area contributed by atoms with Crippen molar-refractivity contribution in [2.75, 3.05) is 6.54 Å². The van der Waals surface area contributed by atoms with Crippen LogP contribution in [0.4, 0.5) is 4.39 Å². The summed E-state index contributed by atoms with van der Waals surface area (Å²) in [6.45, 7) is 0.529. The lowest BCUT2D eigenvalue weighted by molar-refractivity contribution is 0.631. The first-order valence-corrected chi connectivity index (χ1v) is 5.20. The zero-order valence-electron chi connectivity index (χ0n) is 9.15. The molecule has 16 heavy (non-hydrogen) atoms. The Morgan fingerprint density at radius 1 is 1.31 bits per heavy atom. The largest absolute Gasteiger partial charge is 0.330 e. The van der Waals surface area contributed by atoms with Crippen LogP contribution in [0.5, 0.6) is 0 Å². The highest BCUT2D eigenvalue weighted by atomic mass is 19.1. The minimum absolute atomic E-state index is 0.228. The van der Waals surface area contributed by atoms with E-state index in [0.29, 0.717) is 18.5 Å². The van der Waals surface area contributed by atoms with E-state index in [-0.39, 0.29) is 5.82 Å². The highest BCUT2D eigenvalue weighted by Crippen LogP contribution is 2.25. The fraction of sp³-hybridized carbons (Fsp3) is 0.250. The van der Waals surface area contributed by atoms with Crippen LogP contribution in [0.25, 0.3) is 11.1 Å². The second-order valence-electron chi connectivity index (χ2n) is 3.65. The third kappa shape index (κ3) is 1.84. The first-order valence-electron chi connectivity index (χ1n) is 5.20. The molecule has 0 unspecified atom stereocenters. The van der Waals surface area contributed by atoms with Gasteiger partial charge in [-0.2, -0.15) is 5.10 Å². The molecule has 0 aliphatic carbocycles. The first-order chi connectivity index (χ1) is 7.74. The van der Waals surface area contributed by atoms with E-state index in [1.807, 2.05) is 13.1 Å². The van der Waals surface area contributed by atoms with E-state index in [0.717, 1.165) is 11.3 Å². The van der Waals surface area contributed by atoms with E-state index in [2.05, 4.69) is 5.10 Å². The van der Waals surface area contributed by atoms with Crippen LogP contribution in [0.1, 0.15) is 5.69 Å². The summed E-state index contributed by atoms with van der Waals surface area (Å²) >= 11 is 0. The van der Waals surface area contributed by atoms with E-state index in [1.54, 1.807) is 23.0 Å². The van der Waals surface area contributed by atoms with Gasteiger partial charge in [0.2, 0.25) is 0 Å². The molecule has 2 aromatic rings. The van der Waals surface area contributed by atoms with E-state index < -0.39 is 0 Å². The highest BCUT2D eigenvalue weighted by molar-refractivity contribution is 5.66. The molecule has 0 saturated carbocycles. The van der Waals surface area contributed by atoms with Gasteiger partial charge in [0, 0.05) is 30.3 Å². The molecule has 2 N–H and O–H groups in total. The SMILES string of the molecule is Cn1ncc(-c2ccccc2F)c1CCN. The lowest BCUT2D eigenvalue weighted by atomic mass is 10.0. The fourth-order valence-corrected chi connectivity index (χ4v) is 1.80. The molecule has 0 amide bonds. The van der Waals surface area contributed by atoms with Gasteiger partial charge in [-0.05, 0) is 12.6 Å². The summed E-state index contributed by atoms with van der Waals surface area (Å²) in [5.41, 5.74) is 7.91. The average Bonchev–Trinajstić information content (AvgIpc) is 2.62. The smallest absolute Gasteiger partial charge is 0.131 e. The van der Waals surface area contributed by atoms with Gasteiger partial charge in [-0.1, -0.05) is 18.2 Å². The molecule has 1 aromatic heterocycles. The molecule has 0 bridgehead atoms. The zero-order valence-corrected chi connectivity index (χ0v) is 9.15. The van der Waals surface area contributed by atoms with Gasteiger partial charge in [-0.25, -0.2) is 4.39 Å². The van der Waals surface area contributed by atoms with Gasteiger partial charge in [0.1, 0.15) is 5.82 Å². The highest BCUT2D eigenvalue weighted by Gasteiger charge is 2.12. The molecular weight excluding hydrogens is 205 g/mol. The number of halogens is 1. The molecule has 0 aliphatic heterocycles. The second kappa shape index (κ2) is 4.45. The van der Waals surface area contributed by atoms with Crippen LogP contribution in [0, 0.1) is 5.82 Å². The molecule has 0 aliphatic rings. The number of hydrogen-bond donors (Lipinski definition) is 1. The summed E-state index contributed by atoms with van der Waals surface area (Å²) in [5.74, 6) is -0.228. The molecule has 3 nitrogen and oxygen atoms in total. The summed E-state index contributed by atoms with van der Waals surface area (Å²) < 4.78 is 15.4. The minimum atomic E-state index is -0.228. The average molecular weight is 219 g/mol. The van der Waals surface area contributed by atoms with Crippen LogP contribution in [0.3, 0.4) is 0 Å². The monoisotopic (exact) mass is 219 g/mol. The maximum absolute atomic E-state index is 13.6. The number of nitrogens with two attached hydrogens (primary N) is 1. The van der Waals surface area contributed by atoms with Crippen molar-refractivity contribution in [1.82, 2.24) is 9.78 Å². The van der Waals surface area contributed by atoms with Crippen molar-refractivity contribution >= 4 is 0 Å². The fourth-order valence-electron chi connectivity index (χ4n) is 1.80. The predicted octanol–water partition coefficient (Wildman–Crippen LogP) is 1.73. The molecule has 4 heteroatoms. The van der Waals surface area contributed by atoms with Crippen LogP contribution in [0.2, 0.25) is 0 Å². The number of aryl methyl sites for hydroxylation is 1. The van der Waals surface area contributed by atoms with Crippen LogP contribution in [-0.2, 0) is 13.5 Å². The Labute approximate surface area is 93.7 Å². The summed E-state index contributed by atoms with van der Waals surface area (Å²) in [6, 6.07) is 6.70. The van der Waals surface area contributed by atoms with Crippen molar-refractivity contribution < 1.29 is 4.39 Å². The van der Waals surface area contributed by atoms with Crippen molar-refractivity contribution in [2.24, 2.45) is 12.8 Å². The molecule has 0 radical (unpaired) electrons. The lowest BCUT2D eigenvalue weighted by Gasteiger charge is -2.05. The zero-order chi connectivity index (χ0) is 11.5. The Bertz CT molecular complexity index is 491. The van der Waals surface area contributed by atoms with Gasteiger partial charge >= 0.3 is 0 Å². The summed E-state index contributed by atoms with van der Waals surface area (Å²) in [5, 5.41) is 4.15. The summed E-state index contributed by atoms with van der Waals surface area (Å²) in [6.07, 6.45) is 2.38. The Morgan fingerprint density at radius 2 is 2.06 bits per heavy atom. The molecular formula is C12H14FN3. The Hall–Kier alpha value is -1.68. The quantitative estimate of drug-likeness (QED) is 0.854. The standard InChI is InChI=1S/C12H14FN3/c1-16-12(6-7-14)10(8-15-16)9-4-2-3-5-11(9)13/h2-5,8H,6-7,14H2,1H3. The van der Waals surface area contributed by atoms with Crippen molar-refractivity contribution in [3.63, 3.8) is 0 Å². The molecule has 1 aromatic carbocycles. The number of hydrogen-bond acceptors (Lipinski definition) is 2. The van der Waals surface area contributed by atoms with Crippen molar-refractivity contribution in [3.8, 4) is 11.1 Å². The van der Waals surface area contributed by atoms with Gasteiger partial charge in [0.25, 0.3) is 0 Å². The van der Waals surface area contributed by atoms with E-state index in [4.69, 9.17) is 5.73 Å². The van der Waals surface area contributed by atoms with Gasteiger partial charge in [0.05, 0.1) is 6.20 Å². The normalized spacial score (nSPS) is 10.7. The third-order valence-electron chi connectivity index (χ3n) is 2.61. The van der Waals surface area contributed by atoms with Gasteiger partial charge in [-0.3, -0.25) is 4.68 Å². The number of nitrogens with zero attached hydrogens (tertiary/aromatic N) is 2. The Morgan fingerprint density at radius 3 is 2.75 bits per heavy atom. The van der Waals surface area contributed by atoms with Crippen LogP contribution < -0.4 is 5.73 Å². The van der Waals surface area contributed by atoms with Gasteiger partial charge in [0.15, 0.2) is 0 Å². The van der Waals surface area contributed by atoms with E-state index >= 15 is 0 Å². The molecule has 0 fully saturated rings. The molecule has 2 rings (SSSR count). The first kappa shape index (κ1) is 10.8. The van der Waals surface area contributed by atoms with Crippen LogP contribution >= 0.6 is 0 Å².